The van der Waals surface area contributed by atoms with E-state index in [2.05, 4.69) is 15.3 Å². The number of carbonyl (C=O) groups excluding carboxylic acids is 1. The lowest BCUT2D eigenvalue weighted by Gasteiger charge is -2.17. The van der Waals surface area contributed by atoms with Crippen LogP contribution in [0.3, 0.4) is 0 Å². The fourth-order valence-electron chi connectivity index (χ4n) is 2.26. The smallest absolute Gasteiger partial charge is 0.321 e. The third-order valence-electron chi connectivity index (χ3n) is 3.35. The molecule has 2 amide bonds. The van der Waals surface area contributed by atoms with Gasteiger partial charge in [0.25, 0.3) is 0 Å². The van der Waals surface area contributed by atoms with Crippen LogP contribution in [0.25, 0.3) is 0 Å². The molecule has 2 heterocycles. The minimum atomic E-state index is -0.146. The van der Waals surface area contributed by atoms with Crippen LogP contribution in [0.2, 0.25) is 5.02 Å². The first-order valence-electron chi connectivity index (χ1n) is 6.95. The number of hydrogen-bond donors (Lipinski definition) is 1. The van der Waals surface area contributed by atoms with Crippen LogP contribution in [-0.4, -0.2) is 40.1 Å². The van der Waals surface area contributed by atoms with Gasteiger partial charge in [-0.15, -0.1) is 0 Å². The summed E-state index contributed by atoms with van der Waals surface area (Å²) in [7, 11) is 0. The second-order valence-corrected chi connectivity index (χ2v) is 5.39. The molecule has 0 spiro atoms. The summed E-state index contributed by atoms with van der Waals surface area (Å²) in [5.74, 6) is 0.479. The van der Waals surface area contributed by atoms with Crippen molar-refractivity contribution in [2.75, 3.05) is 18.4 Å². The summed E-state index contributed by atoms with van der Waals surface area (Å²) in [6.45, 7) is 1.17. The van der Waals surface area contributed by atoms with Crippen molar-refractivity contribution in [2.24, 2.45) is 0 Å². The molecular formula is C15H15ClN4O2. The zero-order valence-electron chi connectivity index (χ0n) is 11.8. The second kappa shape index (κ2) is 6.62. The molecule has 0 radical (unpaired) electrons. The number of nitrogens with one attached hydrogen (secondary N) is 1. The Morgan fingerprint density at radius 1 is 1.32 bits per heavy atom. The number of nitrogens with zero attached hydrogens (tertiary/aromatic N) is 3. The number of amides is 2. The van der Waals surface area contributed by atoms with Crippen LogP contribution >= 0.6 is 11.6 Å². The summed E-state index contributed by atoms with van der Waals surface area (Å²) < 4.78 is 5.71. The average molecular weight is 319 g/mol. The quantitative estimate of drug-likeness (QED) is 0.945. The first kappa shape index (κ1) is 14.6. The number of benzene rings is 1. The summed E-state index contributed by atoms with van der Waals surface area (Å²) in [5, 5.41) is 3.48. The van der Waals surface area contributed by atoms with Gasteiger partial charge in [-0.1, -0.05) is 11.6 Å². The summed E-state index contributed by atoms with van der Waals surface area (Å²) in [4.78, 5) is 21.9. The molecule has 1 fully saturated rings. The Labute approximate surface area is 133 Å². The molecule has 6 nitrogen and oxygen atoms in total. The molecule has 0 aliphatic carbocycles. The van der Waals surface area contributed by atoms with Gasteiger partial charge in [0, 0.05) is 36.1 Å². The lowest BCUT2D eigenvalue weighted by atomic mass is 10.3. The number of rotatable bonds is 3. The average Bonchev–Trinajstić information content (AvgIpc) is 2.99. The molecule has 0 bridgehead atoms. The maximum atomic E-state index is 12.2. The number of ether oxygens (including phenoxy) is 1. The number of likely N-dealkylation sites (tertiary alicyclic amines) is 1. The number of hydrogen-bond acceptors (Lipinski definition) is 4. The molecule has 1 aliphatic heterocycles. The predicted molar refractivity (Wildman–Crippen MR) is 83.1 cm³/mol. The van der Waals surface area contributed by atoms with Gasteiger partial charge in [-0.25, -0.2) is 9.78 Å². The molecule has 3 rings (SSSR count). The SMILES string of the molecule is O=C(Nc1ccc(Cl)cc1)N1CCC(Oc2cnccn2)C1. The largest absolute Gasteiger partial charge is 0.471 e. The maximum Gasteiger partial charge on any atom is 0.321 e. The zero-order chi connectivity index (χ0) is 15.4. The van der Waals surface area contributed by atoms with Crippen LogP contribution in [0.15, 0.2) is 42.9 Å². The highest BCUT2D eigenvalue weighted by Gasteiger charge is 2.28. The molecule has 22 heavy (non-hydrogen) atoms. The van der Waals surface area contributed by atoms with Crippen molar-refractivity contribution in [1.29, 1.82) is 0 Å². The van der Waals surface area contributed by atoms with Crippen molar-refractivity contribution in [2.45, 2.75) is 12.5 Å². The van der Waals surface area contributed by atoms with Gasteiger partial charge in [-0.3, -0.25) is 4.98 Å². The van der Waals surface area contributed by atoms with Crippen molar-refractivity contribution in [3.05, 3.63) is 47.9 Å². The fourth-order valence-corrected chi connectivity index (χ4v) is 2.39. The summed E-state index contributed by atoms with van der Waals surface area (Å²) >= 11 is 5.82. The number of carbonyl (C=O) groups is 1. The molecule has 1 N–H and O–H groups in total. The van der Waals surface area contributed by atoms with Crippen molar-refractivity contribution >= 4 is 23.3 Å². The van der Waals surface area contributed by atoms with E-state index >= 15 is 0 Å². The van der Waals surface area contributed by atoms with Crippen LogP contribution in [-0.2, 0) is 0 Å². The molecule has 1 saturated heterocycles. The highest BCUT2D eigenvalue weighted by molar-refractivity contribution is 6.30. The van der Waals surface area contributed by atoms with E-state index in [1.54, 1.807) is 47.8 Å². The van der Waals surface area contributed by atoms with Crippen LogP contribution in [0.4, 0.5) is 10.5 Å². The molecule has 2 aromatic rings. The Hall–Kier alpha value is -2.34. The van der Waals surface area contributed by atoms with E-state index in [4.69, 9.17) is 16.3 Å². The lowest BCUT2D eigenvalue weighted by molar-refractivity contribution is 0.189. The zero-order valence-corrected chi connectivity index (χ0v) is 12.5. The van der Waals surface area contributed by atoms with Crippen molar-refractivity contribution in [3.63, 3.8) is 0 Å². The first-order chi connectivity index (χ1) is 10.7. The third kappa shape index (κ3) is 3.65. The Kier molecular flexibility index (Phi) is 4.39. The van der Waals surface area contributed by atoms with Gasteiger partial charge >= 0.3 is 6.03 Å². The minimum absolute atomic E-state index is 0.0623. The van der Waals surface area contributed by atoms with E-state index in [9.17, 15) is 4.79 Å². The number of aromatic nitrogens is 2. The maximum absolute atomic E-state index is 12.2. The highest BCUT2D eigenvalue weighted by atomic mass is 35.5. The molecule has 1 atom stereocenters. The minimum Gasteiger partial charge on any atom is -0.471 e. The van der Waals surface area contributed by atoms with Gasteiger partial charge in [0.1, 0.15) is 6.10 Å². The summed E-state index contributed by atoms with van der Waals surface area (Å²) in [5.41, 5.74) is 0.715. The van der Waals surface area contributed by atoms with Crippen LogP contribution in [0, 0.1) is 0 Å². The Bertz CT molecular complexity index is 636. The molecule has 1 aliphatic rings. The molecule has 0 saturated carbocycles. The molecular weight excluding hydrogens is 304 g/mol. The Balaban J connectivity index is 1.53. The summed E-state index contributed by atoms with van der Waals surface area (Å²) in [6.07, 6.45) is 5.44. The number of anilines is 1. The Morgan fingerprint density at radius 3 is 2.86 bits per heavy atom. The van der Waals surface area contributed by atoms with Gasteiger partial charge in [0.15, 0.2) is 0 Å². The standard InChI is InChI=1S/C15H15ClN4O2/c16-11-1-3-12(4-2-11)19-15(21)20-8-5-13(10-20)22-14-9-17-6-7-18-14/h1-4,6-7,9,13H,5,8,10H2,(H,19,21). The van der Waals surface area contributed by atoms with E-state index in [1.807, 2.05) is 0 Å². The van der Waals surface area contributed by atoms with Gasteiger partial charge < -0.3 is 15.0 Å². The van der Waals surface area contributed by atoms with E-state index in [-0.39, 0.29) is 12.1 Å². The van der Waals surface area contributed by atoms with E-state index < -0.39 is 0 Å². The Morgan fingerprint density at radius 2 is 2.14 bits per heavy atom. The van der Waals surface area contributed by atoms with Gasteiger partial charge in [-0.2, -0.15) is 0 Å². The topological polar surface area (TPSA) is 67.4 Å². The lowest BCUT2D eigenvalue weighted by Crippen LogP contribution is -2.34. The first-order valence-corrected chi connectivity index (χ1v) is 7.33. The van der Waals surface area contributed by atoms with Crippen molar-refractivity contribution < 1.29 is 9.53 Å². The third-order valence-corrected chi connectivity index (χ3v) is 3.61. The predicted octanol–water partition coefficient (Wildman–Crippen LogP) is 2.82. The van der Waals surface area contributed by atoms with E-state index in [0.717, 1.165) is 6.42 Å². The molecule has 1 unspecified atom stereocenters. The van der Waals surface area contributed by atoms with Crippen LogP contribution in [0.5, 0.6) is 5.88 Å². The molecule has 1 aromatic carbocycles. The van der Waals surface area contributed by atoms with Crippen molar-refractivity contribution in [3.8, 4) is 5.88 Å². The van der Waals surface area contributed by atoms with E-state index in [0.29, 0.717) is 29.7 Å². The molecule has 1 aromatic heterocycles. The van der Waals surface area contributed by atoms with Gasteiger partial charge in [-0.05, 0) is 24.3 Å². The number of urea groups is 1. The van der Waals surface area contributed by atoms with Gasteiger partial charge in [0.2, 0.25) is 5.88 Å². The normalized spacial score (nSPS) is 17.3. The van der Waals surface area contributed by atoms with Crippen LogP contribution in [0.1, 0.15) is 6.42 Å². The second-order valence-electron chi connectivity index (χ2n) is 4.96. The van der Waals surface area contributed by atoms with E-state index in [1.165, 1.54) is 0 Å². The van der Waals surface area contributed by atoms with Gasteiger partial charge in [0.05, 0.1) is 12.7 Å². The highest BCUT2D eigenvalue weighted by Crippen LogP contribution is 2.18. The molecule has 114 valence electrons. The molecule has 7 heteroatoms. The monoisotopic (exact) mass is 318 g/mol. The van der Waals surface area contributed by atoms with Crippen molar-refractivity contribution in [1.82, 2.24) is 14.9 Å². The summed E-state index contributed by atoms with van der Waals surface area (Å²) in [6, 6.07) is 6.86. The fraction of sp³-hybridized carbons (Fsp3) is 0.267. The van der Waals surface area contributed by atoms with Crippen LogP contribution < -0.4 is 10.1 Å². The number of halogens is 1.